The molecular formula is C20H23FN2O5. The Balaban J connectivity index is 1.95. The minimum absolute atomic E-state index is 0.0190. The van der Waals surface area contributed by atoms with Crippen molar-refractivity contribution in [3.8, 4) is 0 Å². The van der Waals surface area contributed by atoms with E-state index in [1.165, 1.54) is 6.07 Å². The molecule has 0 radical (unpaired) electrons. The third-order valence-electron chi connectivity index (χ3n) is 3.96. The SMILES string of the molecule is Cc1[nH]c(C(=O)OCC(=O)NCc2ccccc2F)c(C)c1C(=O)OC(C)C. The third-order valence-corrected chi connectivity index (χ3v) is 3.96. The lowest BCUT2D eigenvalue weighted by atomic mass is 10.1. The molecule has 7 nitrogen and oxygen atoms in total. The van der Waals surface area contributed by atoms with E-state index in [2.05, 4.69) is 10.3 Å². The van der Waals surface area contributed by atoms with Crippen LogP contribution in [0.25, 0.3) is 0 Å². The van der Waals surface area contributed by atoms with Crippen molar-refractivity contribution in [2.45, 2.75) is 40.3 Å². The van der Waals surface area contributed by atoms with E-state index < -0.39 is 30.3 Å². The summed E-state index contributed by atoms with van der Waals surface area (Å²) in [5.41, 5.74) is 1.53. The lowest BCUT2D eigenvalue weighted by Crippen LogP contribution is -2.28. The van der Waals surface area contributed by atoms with E-state index in [0.717, 1.165) is 0 Å². The lowest BCUT2D eigenvalue weighted by molar-refractivity contribution is -0.124. The first-order valence-corrected chi connectivity index (χ1v) is 8.78. The number of carbonyl (C=O) groups is 3. The maximum atomic E-state index is 13.5. The van der Waals surface area contributed by atoms with Crippen molar-refractivity contribution in [3.63, 3.8) is 0 Å². The van der Waals surface area contributed by atoms with E-state index in [1.54, 1.807) is 45.9 Å². The van der Waals surface area contributed by atoms with E-state index in [-0.39, 0.29) is 23.9 Å². The maximum absolute atomic E-state index is 13.5. The van der Waals surface area contributed by atoms with E-state index in [9.17, 15) is 18.8 Å². The van der Waals surface area contributed by atoms with Gasteiger partial charge in [-0.25, -0.2) is 14.0 Å². The highest BCUT2D eigenvalue weighted by Gasteiger charge is 2.24. The van der Waals surface area contributed by atoms with Gasteiger partial charge in [0.05, 0.1) is 11.7 Å². The molecule has 0 spiro atoms. The fraction of sp³-hybridized carbons (Fsp3) is 0.350. The molecule has 2 rings (SSSR count). The molecule has 0 saturated carbocycles. The van der Waals surface area contributed by atoms with Gasteiger partial charge in [-0.1, -0.05) is 18.2 Å². The Kier molecular flexibility index (Phi) is 6.92. The molecule has 1 amide bonds. The first-order chi connectivity index (χ1) is 13.2. The Morgan fingerprint density at radius 1 is 1.14 bits per heavy atom. The van der Waals surface area contributed by atoms with Gasteiger partial charge in [0.1, 0.15) is 11.5 Å². The van der Waals surface area contributed by atoms with Crippen LogP contribution in [0.2, 0.25) is 0 Å². The molecule has 1 aromatic carbocycles. The predicted molar refractivity (Wildman–Crippen MR) is 99.3 cm³/mol. The minimum atomic E-state index is -0.773. The fourth-order valence-electron chi connectivity index (χ4n) is 2.62. The molecule has 1 heterocycles. The zero-order valence-electron chi connectivity index (χ0n) is 16.2. The molecule has 0 bridgehead atoms. The molecule has 0 aliphatic carbocycles. The van der Waals surface area contributed by atoms with Gasteiger partial charge in [-0.05, 0) is 39.3 Å². The fourth-order valence-corrected chi connectivity index (χ4v) is 2.62. The number of H-pyrrole nitrogens is 1. The Hall–Kier alpha value is -3.16. The van der Waals surface area contributed by atoms with Crippen LogP contribution in [0.3, 0.4) is 0 Å². The minimum Gasteiger partial charge on any atom is -0.459 e. The Morgan fingerprint density at radius 2 is 1.82 bits per heavy atom. The molecule has 0 atom stereocenters. The zero-order valence-corrected chi connectivity index (χ0v) is 16.2. The lowest BCUT2D eigenvalue weighted by Gasteiger charge is -2.08. The summed E-state index contributed by atoms with van der Waals surface area (Å²) in [5.74, 6) is -2.32. The van der Waals surface area contributed by atoms with Crippen LogP contribution in [0.15, 0.2) is 24.3 Å². The monoisotopic (exact) mass is 390 g/mol. The molecule has 0 saturated heterocycles. The number of benzene rings is 1. The second-order valence-corrected chi connectivity index (χ2v) is 6.52. The summed E-state index contributed by atoms with van der Waals surface area (Å²) in [7, 11) is 0. The molecular weight excluding hydrogens is 367 g/mol. The summed E-state index contributed by atoms with van der Waals surface area (Å²) >= 11 is 0. The van der Waals surface area contributed by atoms with Gasteiger partial charge in [-0.3, -0.25) is 4.79 Å². The van der Waals surface area contributed by atoms with Gasteiger partial charge in [0.2, 0.25) is 0 Å². The number of ether oxygens (including phenoxy) is 2. The van der Waals surface area contributed by atoms with Crippen LogP contribution in [0.5, 0.6) is 0 Å². The number of rotatable bonds is 7. The van der Waals surface area contributed by atoms with Crippen LogP contribution >= 0.6 is 0 Å². The topological polar surface area (TPSA) is 97.5 Å². The van der Waals surface area contributed by atoms with Gasteiger partial charge >= 0.3 is 11.9 Å². The van der Waals surface area contributed by atoms with Crippen molar-refractivity contribution >= 4 is 17.8 Å². The van der Waals surface area contributed by atoms with E-state index in [4.69, 9.17) is 9.47 Å². The Bertz CT molecular complexity index is 889. The van der Waals surface area contributed by atoms with Crippen LogP contribution in [0.4, 0.5) is 4.39 Å². The molecule has 1 aromatic heterocycles. The van der Waals surface area contributed by atoms with Crippen LogP contribution in [0.1, 0.15) is 51.5 Å². The number of aromatic amines is 1. The Morgan fingerprint density at radius 3 is 2.46 bits per heavy atom. The summed E-state index contributed by atoms with van der Waals surface area (Å²) in [6.07, 6.45) is -0.297. The van der Waals surface area contributed by atoms with Gasteiger partial charge in [0, 0.05) is 17.8 Å². The van der Waals surface area contributed by atoms with E-state index in [0.29, 0.717) is 16.8 Å². The summed E-state index contributed by atoms with van der Waals surface area (Å²) in [4.78, 5) is 39.1. The summed E-state index contributed by atoms with van der Waals surface area (Å²) in [6, 6.07) is 6.04. The standard InChI is InChI=1S/C20H23FN2O5/c1-11(2)28-19(25)17-12(3)18(23-13(17)4)20(26)27-10-16(24)22-9-14-7-5-6-8-15(14)21/h5-8,11,23H,9-10H2,1-4H3,(H,22,24). The first-order valence-electron chi connectivity index (χ1n) is 8.78. The molecule has 150 valence electrons. The normalized spacial score (nSPS) is 10.6. The van der Waals surface area contributed by atoms with E-state index >= 15 is 0 Å². The highest BCUT2D eigenvalue weighted by Crippen LogP contribution is 2.20. The number of aryl methyl sites for hydroxylation is 1. The molecule has 0 aliphatic rings. The van der Waals surface area contributed by atoms with Gasteiger partial charge in [-0.2, -0.15) is 0 Å². The second-order valence-electron chi connectivity index (χ2n) is 6.52. The molecule has 0 aliphatic heterocycles. The van der Waals surface area contributed by atoms with Crippen molar-refractivity contribution in [1.29, 1.82) is 0 Å². The smallest absolute Gasteiger partial charge is 0.355 e. The summed E-state index contributed by atoms with van der Waals surface area (Å²) in [6.45, 7) is 6.14. The van der Waals surface area contributed by atoms with Crippen LogP contribution in [-0.2, 0) is 20.8 Å². The molecule has 28 heavy (non-hydrogen) atoms. The molecule has 0 unspecified atom stereocenters. The molecule has 0 fully saturated rings. The van der Waals surface area contributed by atoms with E-state index in [1.807, 2.05) is 0 Å². The summed E-state index contributed by atoms with van der Waals surface area (Å²) in [5, 5.41) is 2.48. The van der Waals surface area contributed by atoms with Crippen molar-refractivity contribution in [2.75, 3.05) is 6.61 Å². The Labute approximate surface area is 162 Å². The van der Waals surface area contributed by atoms with Crippen molar-refractivity contribution in [3.05, 3.63) is 58.2 Å². The van der Waals surface area contributed by atoms with Crippen LogP contribution in [-0.4, -0.2) is 35.5 Å². The van der Waals surface area contributed by atoms with Gasteiger partial charge in [0.25, 0.3) is 5.91 Å². The first kappa shape index (κ1) is 21.1. The van der Waals surface area contributed by atoms with Crippen LogP contribution < -0.4 is 5.32 Å². The second kappa shape index (κ2) is 9.16. The van der Waals surface area contributed by atoms with Gasteiger partial charge in [-0.15, -0.1) is 0 Å². The number of hydrogen-bond acceptors (Lipinski definition) is 5. The number of hydrogen-bond donors (Lipinski definition) is 2. The average molecular weight is 390 g/mol. The zero-order chi connectivity index (χ0) is 20.8. The number of halogens is 1. The van der Waals surface area contributed by atoms with Crippen molar-refractivity contribution in [1.82, 2.24) is 10.3 Å². The largest absolute Gasteiger partial charge is 0.459 e. The third kappa shape index (κ3) is 5.18. The molecule has 2 N–H and O–H groups in total. The number of carbonyl (C=O) groups excluding carboxylic acids is 3. The average Bonchev–Trinajstić information content (AvgIpc) is 2.92. The van der Waals surface area contributed by atoms with Crippen molar-refractivity contribution in [2.24, 2.45) is 0 Å². The number of esters is 2. The molecule has 2 aromatic rings. The number of nitrogens with one attached hydrogen (secondary N) is 2. The maximum Gasteiger partial charge on any atom is 0.355 e. The predicted octanol–water partition coefficient (Wildman–Crippen LogP) is 2.81. The van der Waals surface area contributed by atoms with Gasteiger partial charge in [0.15, 0.2) is 6.61 Å². The van der Waals surface area contributed by atoms with Crippen molar-refractivity contribution < 1.29 is 28.2 Å². The number of amides is 1. The highest BCUT2D eigenvalue weighted by atomic mass is 19.1. The molecule has 8 heteroatoms. The highest BCUT2D eigenvalue weighted by molar-refractivity contribution is 5.99. The van der Waals surface area contributed by atoms with Crippen LogP contribution in [0, 0.1) is 19.7 Å². The van der Waals surface area contributed by atoms with Gasteiger partial charge < -0.3 is 19.8 Å². The summed E-state index contributed by atoms with van der Waals surface area (Å²) < 4.78 is 23.7. The number of aromatic nitrogens is 1. The quantitative estimate of drug-likeness (QED) is 0.709.